The van der Waals surface area contributed by atoms with Crippen LogP contribution in [0.4, 0.5) is 0 Å². The molecule has 106 valence electrons. The fourth-order valence-electron chi connectivity index (χ4n) is 1.66. The quantitative estimate of drug-likeness (QED) is 0.540. The Hall–Kier alpha value is -1.00. The number of hydrogen-bond acceptors (Lipinski definition) is 3. The van der Waals surface area contributed by atoms with Crippen molar-refractivity contribution in [3.63, 3.8) is 0 Å². The first-order chi connectivity index (χ1) is 9.26. The molecule has 1 aromatic carbocycles. The molecule has 0 aliphatic carbocycles. The Balaban J connectivity index is 2.26. The number of carbonyl (C=O) groups excluding carboxylic acids is 1. The average molecular weight is 280 g/mol. The molecule has 0 heterocycles. The van der Waals surface area contributed by atoms with Crippen LogP contribution in [-0.4, -0.2) is 24.7 Å². The first-order valence-corrected chi connectivity index (χ1v) is 7.94. The molecular formula is C15H24N2OS. The van der Waals surface area contributed by atoms with Gasteiger partial charge in [-0.05, 0) is 37.6 Å². The van der Waals surface area contributed by atoms with Crippen molar-refractivity contribution < 1.29 is 4.79 Å². The minimum Gasteiger partial charge on any atom is -0.356 e. The van der Waals surface area contributed by atoms with Gasteiger partial charge in [-0.25, -0.2) is 0 Å². The summed E-state index contributed by atoms with van der Waals surface area (Å²) in [5.74, 6) is 0.967. The van der Waals surface area contributed by atoms with Crippen molar-refractivity contribution in [1.82, 2.24) is 10.6 Å². The van der Waals surface area contributed by atoms with Gasteiger partial charge in [-0.3, -0.25) is 4.79 Å². The monoisotopic (exact) mass is 280 g/mol. The van der Waals surface area contributed by atoms with Crippen LogP contribution in [0.15, 0.2) is 29.2 Å². The lowest BCUT2D eigenvalue weighted by molar-refractivity contribution is -0.120. The first-order valence-electron chi connectivity index (χ1n) is 6.95. The number of thioether (sulfide) groups is 1. The van der Waals surface area contributed by atoms with Crippen LogP contribution >= 0.6 is 11.8 Å². The number of benzene rings is 1. The topological polar surface area (TPSA) is 41.1 Å². The van der Waals surface area contributed by atoms with Gasteiger partial charge in [-0.2, -0.15) is 0 Å². The Morgan fingerprint density at radius 1 is 1.21 bits per heavy atom. The van der Waals surface area contributed by atoms with Gasteiger partial charge in [0.1, 0.15) is 0 Å². The molecule has 0 spiro atoms. The van der Waals surface area contributed by atoms with E-state index in [9.17, 15) is 4.79 Å². The van der Waals surface area contributed by atoms with Crippen LogP contribution in [0.5, 0.6) is 0 Å². The van der Waals surface area contributed by atoms with Crippen LogP contribution in [0.3, 0.4) is 0 Å². The number of carbonyl (C=O) groups is 1. The zero-order valence-corrected chi connectivity index (χ0v) is 12.7. The maximum atomic E-state index is 11.3. The van der Waals surface area contributed by atoms with Crippen LogP contribution in [0.2, 0.25) is 0 Å². The van der Waals surface area contributed by atoms with Gasteiger partial charge in [0.15, 0.2) is 0 Å². The summed E-state index contributed by atoms with van der Waals surface area (Å²) in [6.45, 7) is 6.81. The number of nitrogens with one attached hydrogen (secondary N) is 2. The molecule has 0 unspecified atom stereocenters. The van der Waals surface area contributed by atoms with Crippen molar-refractivity contribution in [3.8, 4) is 0 Å². The average Bonchev–Trinajstić information content (AvgIpc) is 2.41. The van der Waals surface area contributed by atoms with Gasteiger partial charge in [-0.1, -0.05) is 19.1 Å². The molecule has 0 aliphatic rings. The van der Waals surface area contributed by atoms with E-state index in [4.69, 9.17) is 0 Å². The summed E-state index contributed by atoms with van der Waals surface area (Å²) >= 11 is 1.73. The van der Waals surface area contributed by atoms with E-state index < -0.39 is 0 Å². The lowest BCUT2D eigenvalue weighted by atomic mass is 10.2. The Kier molecular flexibility index (Phi) is 8.34. The van der Waals surface area contributed by atoms with E-state index in [1.54, 1.807) is 11.8 Å². The predicted octanol–water partition coefficient (Wildman–Crippen LogP) is 2.80. The molecule has 3 nitrogen and oxygen atoms in total. The van der Waals surface area contributed by atoms with Crippen molar-refractivity contribution in [1.29, 1.82) is 0 Å². The summed E-state index contributed by atoms with van der Waals surface area (Å²) in [6.07, 6.45) is 1.74. The van der Waals surface area contributed by atoms with Gasteiger partial charge in [0.25, 0.3) is 0 Å². The Bertz CT molecular complexity index is 365. The molecular weight excluding hydrogens is 256 g/mol. The zero-order chi connectivity index (χ0) is 13.9. The van der Waals surface area contributed by atoms with Gasteiger partial charge in [0.05, 0.1) is 0 Å². The van der Waals surface area contributed by atoms with Gasteiger partial charge >= 0.3 is 0 Å². The Morgan fingerprint density at radius 3 is 2.58 bits per heavy atom. The fraction of sp³-hybridized carbons (Fsp3) is 0.533. The van der Waals surface area contributed by atoms with Crippen molar-refractivity contribution >= 4 is 17.7 Å². The van der Waals surface area contributed by atoms with Crippen molar-refractivity contribution in [3.05, 3.63) is 29.8 Å². The molecule has 0 saturated carbocycles. The molecule has 2 N–H and O–H groups in total. The molecule has 0 fully saturated rings. The third kappa shape index (κ3) is 7.23. The molecule has 1 rings (SSSR count). The normalized spacial score (nSPS) is 10.4. The molecule has 0 atom stereocenters. The fourth-order valence-corrected chi connectivity index (χ4v) is 2.51. The smallest absolute Gasteiger partial charge is 0.220 e. The number of rotatable bonds is 9. The summed E-state index contributed by atoms with van der Waals surface area (Å²) in [7, 11) is 0. The van der Waals surface area contributed by atoms with Gasteiger partial charge in [0, 0.05) is 30.2 Å². The van der Waals surface area contributed by atoms with E-state index in [0.29, 0.717) is 13.0 Å². The molecule has 4 heteroatoms. The van der Waals surface area contributed by atoms with Crippen molar-refractivity contribution in [2.75, 3.05) is 18.8 Å². The minimum absolute atomic E-state index is 0.135. The molecule has 0 radical (unpaired) electrons. The zero-order valence-electron chi connectivity index (χ0n) is 11.9. The van der Waals surface area contributed by atoms with Crippen molar-refractivity contribution in [2.24, 2.45) is 0 Å². The highest BCUT2D eigenvalue weighted by Crippen LogP contribution is 2.19. The van der Waals surface area contributed by atoms with Gasteiger partial charge in [0.2, 0.25) is 5.91 Å². The van der Waals surface area contributed by atoms with Crippen LogP contribution in [-0.2, 0) is 11.3 Å². The van der Waals surface area contributed by atoms with Gasteiger partial charge < -0.3 is 10.6 Å². The molecule has 1 amide bonds. The Labute approximate surface area is 120 Å². The summed E-state index contributed by atoms with van der Waals surface area (Å²) in [4.78, 5) is 12.5. The summed E-state index contributed by atoms with van der Waals surface area (Å²) in [6, 6.07) is 8.56. The van der Waals surface area contributed by atoms with Crippen LogP contribution in [0, 0.1) is 0 Å². The second kappa shape index (κ2) is 9.87. The molecule has 19 heavy (non-hydrogen) atoms. The van der Waals surface area contributed by atoms with E-state index in [1.165, 1.54) is 10.5 Å². The third-order valence-electron chi connectivity index (χ3n) is 2.65. The molecule has 0 bridgehead atoms. The standard InChI is InChI=1S/C15H24N2OS/c1-3-10-16-12-13-5-7-14(8-6-13)19-11-9-15(18)17-4-2/h5-8,16H,3-4,9-12H2,1-2H3,(H,17,18). The summed E-state index contributed by atoms with van der Waals surface area (Å²) in [5, 5.41) is 6.19. The van der Waals surface area contributed by atoms with E-state index in [1.807, 2.05) is 6.92 Å². The van der Waals surface area contributed by atoms with E-state index in [2.05, 4.69) is 41.8 Å². The molecule has 0 aromatic heterocycles. The van der Waals surface area contributed by atoms with Crippen molar-refractivity contribution in [2.45, 2.75) is 38.1 Å². The second-order valence-electron chi connectivity index (χ2n) is 4.37. The third-order valence-corrected chi connectivity index (χ3v) is 3.66. The lowest BCUT2D eigenvalue weighted by Crippen LogP contribution is -2.22. The number of hydrogen-bond donors (Lipinski definition) is 2. The Morgan fingerprint density at radius 2 is 1.95 bits per heavy atom. The number of amides is 1. The maximum absolute atomic E-state index is 11.3. The first kappa shape index (κ1) is 16.1. The largest absolute Gasteiger partial charge is 0.356 e. The second-order valence-corrected chi connectivity index (χ2v) is 5.54. The predicted molar refractivity (Wildman–Crippen MR) is 82.5 cm³/mol. The van der Waals surface area contributed by atoms with Crippen LogP contribution in [0.25, 0.3) is 0 Å². The highest BCUT2D eigenvalue weighted by atomic mass is 32.2. The maximum Gasteiger partial charge on any atom is 0.220 e. The van der Waals surface area contributed by atoms with E-state index in [-0.39, 0.29) is 5.91 Å². The van der Waals surface area contributed by atoms with Crippen LogP contribution in [0.1, 0.15) is 32.3 Å². The van der Waals surface area contributed by atoms with Crippen LogP contribution < -0.4 is 10.6 Å². The highest BCUT2D eigenvalue weighted by Gasteiger charge is 2.00. The summed E-state index contributed by atoms with van der Waals surface area (Å²) < 4.78 is 0. The molecule has 0 saturated heterocycles. The van der Waals surface area contributed by atoms with E-state index in [0.717, 1.165) is 25.3 Å². The molecule has 0 aliphatic heterocycles. The van der Waals surface area contributed by atoms with E-state index >= 15 is 0 Å². The molecule has 1 aromatic rings. The lowest BCUT2D eigenvalue weighted by Gasteiger charge is -2.05. The summed E-state index contributed by atoms with van der Waals surface area (Å²) in [5.41, 5.74) is 1.31. The van der Waals surface area contributed by atoms with Gasteiger partial charge in [-0.15, -0.1) is 11.8 Å². The SMILES string of the molecule is CCCNCc1ccc(SCCC(=O)NCC)cc1. The minimum atomic E-state index is 0.135. The highest BCUT2D eigenvalue weighted by molar-refractivity contribution is 7.99.